The van der Waals surface area contributed by atoms with Crippen molar-refractivity contribution >= 4 is 27.5 Å². The second kappa shape index (κ2) is 5.05. The van der Waals surface area contributed by atoms with E-state index in [4.69, 9.17) is 0 Å². The fourth-order valence-corrected chi connectivity index (χ4v) is 0.978. The second-order valence-electron chi connectivity index (χ2n) is 2.88. The Labute approximate surface area is 91.3 Å². The van der Waals surface area contributed by atoms with Crippen molar-refractivity contribution in [1.82, 2.24) is 9.97 Å². The van der Waals surface area contributed by atoms with E-state index in [0.29, 0.717) is 11.5 Å². The van der Waals surface area contributed by atoms with Crippen LogP contribution in [0.3, 0.4) is 0 Å². The number of halogens is 1. The van der Waals surface area contributed by atoms with Crippen LogP contribution in [0.5, 0.6) is 0 Å². The number of amides is 1. The first kappa shape index (κ1) is 11.1. The third-order valence-corrected chi connectivity index (χ3v) is 2.75. The first-order chi connectivity index (χ1) is 6.63. The highest BCUT2D eigenvalue weighted by atomic mass is 79.9. The van der Waals surface area contributed by atoms with Crippen LogP contribution in [0.15, 0.2) is 12.4 Å². The Bertz CT molecular complexity index is 312. The Morgan fingerprint density at radius 3 is 2.64 bits per heavy atom. The van der Waals surface area contributed by atoms with Gasteiger partial charge in [-0.15, -0.1) is 0 Å². The first-order valence-corrected chi connectivity index (χ1v) is 5.28. The molecule has 0 saturated heterocycles. The lowest BCUT2D eigenvalue weighted by molar-refractivity contribution is -0.115. The topological polar surface area (TPSA) is 54.9 Å². The lowest BCUT2D eigenvalue weighted by Crippen LogP contribution is -2.22. The second-order valence-corrected chi connectivity index (χ2v) is 3.99. The predicted octanol–water partition coefficient (Wildman–Crippen LogP) is 1.90. The number of carbonyl (C=O) groups excluding carboxylic acids is 1. The van der Waals surface area contributed by atoms with Gasteiger partial charge in [0.2, 0.25) is 5.91 Å². The molecule has 76 valence electrons. The van der Waals surface area contributed by atoms with Crippen molar-refractivity contribution in [3.8, 4) is 0 Å². The van der Waals surface area contributed by atoms with E-state index >= 15 is 0 Å². The third kappa shape index (κ3) is 3.06. The molecule has 1 atom stereocenters. The number of rotatable bonds is 3. The van der Waals surface area contributed by atoms with Crippen molar-refractivity contribution in [1.29, 1.82) is 0 Å². The molecule has 4 nitrogen and oxygen atoms in total. The Balaban J connectivity index is 2.60. The summed E-state index contributed by atoms with van der Waals surface area (Å²) in [5.74, 6) is 0.619. The van der Waals surface area contributed by atoms with Crippen LogP contribution in [-0.4, -0.2) is 20.7 Å². The predicted molar refractivity (Wildman–Crippen MR) is 58.4 cm³/mol. The SMILES string of the molecule is CCC(Br)C(=O)Nc1cnc(C)nc1. The average molecular weight is 258 g/mol. The van der Waals surface area contributed by atoms with Crippen molar-refractivity contribution in [2.75, 3.05) is 5.32 Å². The summed E-state index contributed by atoms with van der Waals surface area (Å²) >= 11 is 3.26. The number of nitrogens with zero attached hydrogens (tertiary/aromatic N) is 2. The van der Waals surface area contributed by atoms with Crippen LogP contribution >= 0.6 is 15.9 Å². The summed E-state index contributed by atoms with van der Waals surface area (Å²) in [6, 6.07) is 0. The number of nitrogens with one attached hydrogen (secondary N) is 1. The first-order valence-electron chi connectivity index (χ1n) is 4.37. The van der Waals surface area contributed by atoms with E-state index in [1.165, 1.54) is 0 Å². The van der Waals surface area contributed by atoms with Gasteiger partial charge in [-0.3, -0.25) is 4.79 Å². The van der Waals surface area contributed by atoms with Gasteiger partial charge in [0.15, 0.2) is 0 Å². The molecule has 0 aliphatic carbocycles. The van der Waals surface area contributed by atoms with Gasteiger partial charge in [-0.25, -0.2) is 9.97 Å². The van der Waals surface area contributed by atoms with Crippen molar-refractivity contribution in [2.45, 2.75) is 25.1 Å². The van der Waals surface area contributed by atoms with Crippen molar-refractivity contribution in [3.05, 3.63) is 18.2 Å². The normalized spacial score (nSPS) is 12.2. The average Bonchev–Trinajstić information content (AvgIpc) is 2.20. The van der Waals surface area contributed by atoms with Crippen LogP contribution in [0.2, 0.25) is 0 Å². The zero-order chi connectivity index (χ0) is 10.6. The molecule has 1 N–H and O–H groups in total. The van der Waals surface area contributed by atoms with E-state index in [0.717, 1.165) is 6.42 Å². The minimum absolute atomic E-state index is 0.0695. The van der Waals surface area contributed by atoms with E-state index in [9.17, 15) is 4.79 Å². The lowest BCUT2D eigenvalue weighted by atomic mass is 10.3. The molecule has 0 aliphatic rings. The summed E-state index contributed by atoms with van der Waals surface area (Å²) in [5.41, 5.74) is 0.624. The summed E-state index contributed by atoms with van der Waals surface area (Å²) in [4.78, 5) is 19.2. The highest BCUT2D eigenvalue weighted by Gasteiger charge is 2.12. The van der Waals surface area contributed by atoms with Gasteiger partial charge in [0, 0.05) is 0 Å². The molecule has 1 rings (SSSR count). The van der Waals surface area contributed by atoms with Gasteiger partial charge in [-0.05, 0) is 13.3 Å². The van der Waals surface area contributed by atoms with Crippen LogP contribution in [-0.2, 0) is 4.79 Å². The molecule has 0 saturated carbocycles. The highest BCUT2D eigenvalue weighted by Crippen LogP contribution is 2.09. The fourth-order valence-electron chi connectivity index (χ4n) is 0.863. The molecule has 0 fully saturated rings. The van der Waals surface area contributed by atoms with Crippen LogP contribution < -0.4 is 5.32 Å². The van der Waals surface area contributed by atoms with Crippen LogP contribution in [0, 0.1) is 6.92 Å². The van der Waals surface area contributed by atoms with Crippen molar-refractivity contribution in [2.24, 2.45) is 0 Å². The number of carbonyl (C=O) groups is 1. The number of aryl methyl sites for hydroxylation is 1. The molecule has 0 aromatic carbocycles. The van der Waals surface area contributed by atoms with Crippen LogP contribution in [0.4, 0.5) is 5.69 Å². The molecule has 1 aromatic heterocycles. The maximum absolute atomic E-state index is 11.4. The molecular weight excluding hydrogens is 246 g/mol. The number of alkyl halides is 1. The smallest absolute Gasteiger partial charge is 0.238 e. The van der Waals surface area contributed by atoms with Gasteiger partial charge in [0.1, 0.15) is 5.82 Å². The number of hydrogen-bond donors (Lipinski definition) is 1. The Hall–Kier alpha value is -0.970. The van der Waals surface area contributed by atoms with E-state index in [2.05, 4.69) is 31.2 Å². The molecule has 0 aliphatic heterocycles. The molecule has 1 aromatic rings. The van der Waals surface area contributed by atoms with Crippen LogP contribution in [0.25, 0.3) is 0 Å². The zero-order valence-electron chi connectivity index (χ0n) is 8.12. The van der Waals surface area contributed by atoms with Crippen LogP contribution in [0.1, 0.15) is 19.2 Å². The largest absolute Gasteiger partial charge is 0.322 e. The quantitative estimate of drug-likeness (QED) is 0.842. The van der Waals surface area contributed by atoms with Gasteiger partial charge >= 0.3 is 0 Å². The summed E-state index contributed by atoms with van der Waals surface area (Å²) < 4.78 is 0. The monoisotopic (exact) mass is 257 g/mol. The summed E-state index contributed by atoms with van der Waals surface area (Å²) in [6.07, 6.45) is 3.93. The lowest BCUT2D eigenvalue weighted by Gasteiger charge is -2.07. The van der Waals surface area contributed by atoms with E-state index in [1.807, 2.05) is 6.92 Å². The van der Waals surface area contributed by atoms with E-state index in [1.54, 1.807) is 19.3 Å². The summed E-state index contributed by atoms with van der Waals surface area (Å²) in [6.45, 7) is 3.73. The van der Waals surface area contributed by atoms with Crippen molar-refractivity contribution < 1.29 is 4.79 Å². The summed E-state index contributed by atoms with van der Waals surface area (Å²) in [5, 5.41) is 2.71. The number of anilines is 1. The van der Waals surface area contributed by atoms with E-state index in [-0.39, 0.29) is 10.7 Å². The van der Waals surface area contributed by atoms with Gasteiger partial charge in [-0.1, -0.05) is 22.9 Å². The molecular formula is C9H12BrN3O. The molecule has 1 amide bonds. The molecule has 0 bridgehead atoms. The minimum Gasteiger partial charge on any atom is -0.322 e. The molecule has 1 heterocycles. The maximum atomic E-state index is 11.4. The molecule has 0 radical (unpaired) electrons. The summed E-state index contributed by atoms with van der Waals surface area (Å²) in [7, 11) is 0. The zero-order valence-corrected chi connectivity index (χ0v) is 9.71. The Morgan fingerprint density at radius 1 is 1.57 bits per heavy atom. The maximum Gasteiger partial charge on any atom is 0.238 e. The van der Waals surface area contributed by atoms with Gasteiger partial charge < -0.3 is 5.32 Å². The highest BCUT2D eigenvalue weighted by molar-refractivity contribution is 9.10. The minimum atomic E-state index is -0.163. The Morgan fingerprint density at radius 2 is 2.14 bits per heavy atom. The molecule has 5 heteroatoms. The van der Waals surface area contributed by atoms with Gasteiger partial charge in [0.25, 0.3) is 0 Å². The van der Waals surface area contributed by atoms with Gasteiger partial charge in [0.05, 0.1) is 22.9 Å². The molecule has 0 spiro atoms. The standard InChI is InChI=1S/C9H12BrN3O/c1-3-8(10)9(14)13-7-4-11-6(2)12-5-7/h4-5,8H,3H2,1-2H3,(H,13,14). The van der Waals surface area contributed by atoms with Gasteiger partial charge in [-0.2, -0.15) is 0 Å². The molecule has 1 unspecified atom stereocenters. The molecule has 14 heavy (non-hydrogen) atoms. The Kier molecular flexibility index (Phi) is 4.00. The third-order valence-electron chi connectivity index (χ3n) is 1.69. The van der Waals surface area contributed by atoms with Crippen molar-refractivity contribution in [3.63, 3.8) is 0 Å². The number of hydrogen-bond acceptors (Lipinski definition) is 3. The fraction of sp³-hybridized carbons (Fsp3) is 0.444. The van der Waals surface area contributed by atoms with E-state index < -0.39 is 0 Å². The number of aromatic nitrogens is 2.